The molecule has 2 fully saturated rings. The number of benzene rings is 3. The van der Waals surface area contributed by atoms with Gasteiger partial charge in [0.15, 0.2) is 0 Å². The number of carboxylic acid groups (broad SMARTS) is 1. The number of rotatable bonds is 5. The van der Waals surface area contributed by atoms with Crippen molar-refractivity contribution in [1.29, 1.82) is 0 Å². The van der Waals surface area contributed by atoms with Gasteiger partial charge in [0.1, 0.15) is 0 Å². The molecule has 1 saturated carbocycles. The van der Waals surface area contributed by atoms with E-state index in [1.807, 2.05) is 12.1 Å². The van der Waals surface area contributed by atoms with Crippen molar-refractivity contribution < 1.29 is 14.7 Å². The molecule has 1 aliphatic carbocycles. The Bertz CT molecular complexity index is 1150. The molecule has 1 amide bonds. The highest BCUT2D eigenvalue weighted by Gasteiger charge is 2.36. The van der Waals surface area contributed by atoms with Crippen LogP contribution in [0.4, 0.5) is 0 Å². The van der Waals surface area contributed by atoms with Crippen molar-refractivity contribution in [2.24, 2.45) is 5.92 Å². The van der Waals surface area contributed by atoms with Crippen molar-refractivity contribution in [1.82, 2.24) is 4.90 Å². The minimum absolute atomic E-state index is 0.112. The quantitative estimate of drug-likeness (QED) is 0.549. The Morgan fingerprint density at radius 2 is 1.53 bits per heavy atom. The van der Waals surface area contributed by atoms with Crippen LogP contribution in [0.5, 0.6) is 0 Å². The summed E-state index contributed by atoms with van der Waals surface area (Å²) in [6, 6.07) is 20.3. The van der Waals surface area contributed by atoms with Gasteiger partial charge in [-0.2, -0.15) is 0 Å². The Kier molecular flexibility index (Phi) is 5.69. The first-order valence-corrected chi connectivity index (χ1v) is 11.8. The summed E-state index contributed by atoms with van der Waals surface area (Å²) in [4.78, 5) is 26.3. The normalized spacial score (nSPS) is 19.6. The molecular weight excluding hydrogens is 398 g/mol. The van der Waals surface area contributed by atoms with E-state index in [9.17, 15) is 9.59 Å². The Balaban J connectivity index is 1.30. The topological polar surface area (TPSA) is 57.6 Å². The lowest BCUT2D eigenvalue weighted by Gasteiger charge is -2.31. The maximum Gasteiger partial charge on any atom is 0.335 e. The molecule has 1 saturated heterocycles. The highest BCUT2D eigenvalue weighted by molar-refractivity contribution is 5.90. The van der Waals surface area contributed by atoms with Gasteiger partial charge in [0, 0.05) is 18.5 Å². The van der Waals surface area contributed by atoms with Crippen LogP contribution in [0, 0.1) is 5.92 Å². The van der Waals surface area contributed by atoms with Crippen LogP contribution in [0.25, 0.3) is 21.9 Å². The molecule has 0 aromatic heterocycles. The Labute approximate surface area is 188 Å². The second-order valence-electron chi connectivity index (χ2n) is 9.29. The van der Waals surface area contributed by atoms with Crippen molar-refractivity contribution in [3.8, 4) is 11.1 Å². The van der Waals surface area contributed by atoms with Gasteiger partial charge in [-0.15, -0.1) is 0 Å². The molecule has 1 unspecified atom stereocenters. The number of hydrogen-bond acceptors (Lipinski definition) is 2. The van der Waals surface area contributed by atoms with Crippen LogP contribution in [0.2, 0.25) is 0 Å². The molecule has 164 valence electrons. The molecule has 0 spiro atoms. The third-order valence-electron chi connectivity index (χ3n) is 7.22. The summed E-state index contributed by atoms with van der Waals surface area (Å²) in [5, 5.41) is 11.4. The van der Waals surface area contributed by atoms with Gasteiger partial charge in [0.2, 0.25) is 5.91 Å². The summed E-state index contributed by atoms with van der Waals surface area (Å²) in [5.74, 6) is -0.441. The first kappa shape index (κ1) is 20.7. The minimum Gasteiger partial charge on any atom is -0.478 e. The molecule has 0 bridgehead atoms. The molecule has 4 heteroatoms. The van der Waals surface area contributed by atoms with E-state index in [0.29, 0.717) is 17.5 Å². The number of likely N-dealkylation sites (tertiary alicyclic amines) is 1. The predicted molar refractivity (Wildman–Crippen MR) is 127 cm³/mol. The third kappa shape index (κ3) is 4.14. The zero-order valence-corrected chi connectivity index (χ0v) is 18.3. The fourth-order valence-electron chi connectivity index (χ4n) is 5.40. The van der Waals surface area contributed by atoms with Crippen molar-refractivity contribution in [2.45, 2.75) is 51.0 Å². The molecule has 0 radical (unpaired) electrons. The van der Waals surface area contributed by atoms with E-state index in [1.165, 1.54) is 43.1 Å². The Hall–Kier alpha value is -3.14. The molecule has 1 N–H and O–H groups in total. The molecule has 4 nitrogen and oxygen atoms in total. The number of carbonyl (C=O) groups excluding carboxylic acids is 1. The second kappa shape index (κ2) is 8.78. The standard InChI is InChI=1S/C28H29NO3/c30-27-25(14-15-29(27)26-4-2-1-3-5-26)17-19-6-7-24-18-23(13-12-22(24)16-19)20-8-10-21(11-9-20)28(31)32/h6-13,16,18,25-26H,1-5,14-15,17H2,(H,31,32). The van der Waals surface area contributed by atoms with E-state index < -0.39 is 5.97 Å². The summed E-state index contributed by atoms with van der Waals surface area (Å²) in [6.07, 6.45) is 7.97. The molecular formula is C28H29NO3. The Morgan fingerprint density at radius 1 is 0.844 bits per heavy atom. The number of nitrogens with zero attached hydrogens (tertiary/aromatic N) is 1. The second-order valence-corrected chi connectivity index (χ2v) is 9.29. The molecule has 32 heavy (non-hydrogen) atoms. The lowest BCUT2D eigenvalue weighted by Crippen LogP contribution is -2.39. The third-order valence-corrected chi connectivity index (χ3v) is 7.22. The first-order valence-electron chi connectivity index (χ1n) is 11.8. The fourth-order valence-corrected chi connectivity index (χ4v) is 5.40. The summed E-state index contributed by atoms with van der Waals surface area (Å²) < 4.78 is 0. The SMILES string of the molecule is O=C(O)c1ccc(-c2ccc3cc(CC4CCN(C5CCCCC5)C4=O)ccc3c2)cc1. The highest BCUT2D eigenvalue weighted by atomic mass is 16.4. The number of amides is 1. The number of carbonyl (C=O) groups is 2. The molecule has 2 aliphatic rings. The van der Waals surface area contributed by atoms with Crippen LogP contribution < -0.4 is 0 Å². The van der Waals surface area contributed by atoms with Gasteiger partial charge in [0.25, 0.3) is 0 Å². The largest absolute Gasteiger partial charge is 0.478 e. The average Bonchev–Trinajstić information content (AvgIpc) is 3.19. The van der Waals surface area contributed by atoms with Gasteiger partial charge in [-0.05, 0) is 71.3 Å². The molecule has 1 atom stereocenters. The zero-order chi connectivity index (χ0) is 22.1. The van der Waals surface area contributed by atoms with E-state index >= 15 is 0 Å². The van der Waals surface area contributed by atoms with Crippen molar-refractivity contribution in [3.63, 3.8) is 0 Å². The number of fused-ring (bicyclic) bond motifs is 1. The van der Waals surface area contributed by atoms with E-state index in [0.717, 1.165) is 35.9 Å². The fraction of sp³-hybridized carbons (Fsp3) is 0.357. The van der Waals surface area contributed by atoms with Crippen LogP contribution in [-0.2, 0) is 11.2 Å². The van der Waals surface area contributed by atoms with Crippen LogP contribution in [0.1, 0.15) is 54.4 Å². The van der Waals surface area contributed by atoms with Crippen molar-refractivity contribution in [2.75, 3.05) is 6.54 Å². The number of carboxylic acids is 1. The van der Waals surface area contributed by atoms with Crippen molar-refractivity contribution >= 4 is 22.6 Å². The van der Waals surface area contributed by atoms with E-state index in [4.69, 9.17) is 5.11 Å². The highest BCUT2D eigenvalue weighted by Crippen LogP contribution is 2.31. The van der Waals surface area contributed by atoms with Crippen LogP contribution >= 0.6 is 0 Å². The molecule has 1 heterocycles. The Morgan fingerprint density at radius 3 is 2.28 bits per heavy atom. The summed E-state index contributed by atoms with van der Waals surface area (Å²) in [6.45, 7) is 0.922. The van der Waals surface area contributed by atoms with Crippen molar-refractivity contribution in [3.05, 3.63) is 71.8 Å². The monoisotopic (exact) mass is 427 g/mol. The van der Waals surface area contributed by atoms with Gasteiger partial charge in [-0.25, -0.2) is 4.79 Å². The molecule has 3 aromatic carbocycles. The smallest absolute Gasteiger partial charge is 0.335 e. The number of hydrogen-bond donors (Lipinski definition) is 1. The number of aromatic carboxylic acids is 1. The van der Waals surface area contributed by atoms with Gasteiger partial charge in [0.05, 0.1) is 5.56 Å². The maximum absolute atomic E-state index is 13.0. The van der Waals surface area contributed by atoms with Crippen LogP contribution in [0.3, 0.4) is 0 Å². The predicted octanol–water partition coefficient (Wildman–Crippen LogP) is 5.93. The van der Waals surface area contributed by atoms with Crippen LogP contribution in [-0.4, -0.2) is 34.5 Å². The average molecular weight is 428 g/mol. The first-order chi connectivity index (χ1) is 15.6. The lowest BCUT2D eigenvalue weighted by atomic mass is 9.93. The van der Waals surface area contributed by atoms with Gasteiger partial charge >= 0.3 is 5.97 Å². The molecule has 3 aromatic rings. The lowest BCUT2D eigenvalue weighted by molar-refractivity contribution is -0.133. The van der Waals surface area contributed by atoms with E-state index in [-0.39, 0.29) is 5.92 Å². The summed E-state index contributed by atoms with van der Waals surface area (Å²) >= 11 is 0. The van der Waals surface area contributed by atoms with Crippen LogP contribution in [0.15, 0.2) is 60.7 Å². The molecule has 1 aliphatic heterocycles. The van der Waals surface area contributed by atoms with Gasteiger partial charge in [-0.1, -0.05) is 61.7 Å². The summed E-state index contributed by atoms with van der Waals surface area (Å²) in [7, 11) is 0. The van der Waals surface area contributed by atoms with Gasteiger partial charge in [-0.3, -0.25) is 4.79 Å². The summed E-state index contributed by atoms with van der Waals surface area (Å²) in [5.41, 5.74) is 3.58. The molecule has 5 rings (SSSR count). The van der Waals surface area contributed by atoms with E-state index in [2.05, 4.69) is 41.3 Å². The zero-order valence-electron chi connectivity index (χ0n) is 18.3. The van der Waals surface area contributed by atoms with Gasteiger partial charge < -0.3 is 10.0 Å². The van der Waals surface area contributed by atoms with E-state index in [1.54, 1.807) is 12.1 Å². The minimum atomic E-state index is -0.912. The maximum atomic E-state index is 13.0.